The molecular weight excluding hydrogens is 336 g/mol. The summed E-state index contributed by atoms with van der Waals surface area (Å²) in [6.07, 6.45) is 0.518. The van der Waals surface area contributed by atoms with Gasteiger partial charge in [-0.2, -0.15) is 8.42 Å². The maximum absolute atomic E-state index is 12.6. The van der Waals surface area contributed by atoms with Gasteiger partial charge in [-0.05, 0) is 49.9 Å². The Morgan fingerprint density at radius 2 is 1.44 bits per heavy atom. The molecule has 1 atom stereocenters. The summed E-state index contributed by atoms with van der Waals surface area (Å²) >= 11 is 0. The molecule has 0 saturated carbocycles. The molecule has 5 heteroatoms. The topological polar surface area (TPSA) is 52.6 Å². The van der Waals surface area contributed by atoms with Crippen molar-refractivity contribution in [3.63, 3.8) is 0 Å². The van der Waals surface area contributed by atoms with Gasteiger partial charge in [0.2, 0.25) is 0 Å². The smallest absolute Gasteiger partial charge is 0.242 e. The van der Waals surface area contributed by atoms with Crippen molar-refractivity contribution in [2.45, 2.75) is 50.7 Å². The van der Waals surface area contributed by atoms with Crippen LogP contribution in [0.4, 0.5) is 0 Å². The zero-order chi connectivity index (χ0) is 18.1. The average Bonchev–Trinajstić information content (AvgIpc) is 3.07. The molecular formula is C20H22O4S. The number of fused-ring (bicyclic) bond motifs is 5. The minimum atomic E-state index is -4.15. The summed E-state index contributed by atoms with van der Waals surface area (Å²) in [5.74, 6) is 0. The van der Waals surface area contributed by atoms with Gasteiger partial charge in [0.25, 0.3) is 0 Å². The van der Waals surface area contributed by atoms with Gasteiger partial charge in [0.15, 0.2) is 0 Å². The van der Waals surface area contributed by atoms with Crippen LogP contribution in [0.15, 0.2) is 48.5 Å². The van der Waals surface area contributed by atoms with E-state index in [2.05, 4.69) is 18.2 Å². The average molecular weight is 358 g/mol. The molecule has 25 heavy (non-hydrogen) atoms. The van der Waals surface area contributed by atoms with E-state index in [0.29, 0.717) is 6.42 Å². The molecule has 2 aliphatic rings. The Hall–Kier alpha value is -1.69. The van der Waals surface area contributed by atoms with Crippen LogP contribution in [0.3, 0.4) is 0 Å². The van der Waals surface area contributed by atoms with Crippen LogP contribution in [0.1, 0.15) is 49.9 Å². The van der Waals surface area contributed by atoms with Gasteiger partial charge in [-0.3, -0.25) is 0 Å². The Morgan fingerprint density at radius 1 is 0.920 bits per heavy atom. The maximum Gasteiger partial charge on any atom is 0.400 e. The van der Waals surface area contributed by atoms with Gasteiger partial charge in [-0.1, -0.05) is 48.5 Å². The fraction of sp³-hybridized carbons (Fsp3) is 0.400. The Morgan fingerprint density at radius 3 is 2.00 bits per heavy atom. The molecule has 0 bridgehead atoms. The molecule has 0 aliphatic heterocycles. The molecule has 0 saturated heterocycles. The molecule has 0 N–H and O–H groups in total. The van der Waals surface area contributed by atoms with Gasteiger partial charge in [0.05, 0.1) is 11.0 Å². The summed E-state index contributed by atoms with van der Waals surface area (Å²) in [6, 6.07) is 16.1. The van der Waals surface area contributed by atoms with Crippen LogP contribution in [0.25, 0.3) is 0 Å². The monoisotopic (exact) mass is 358 g/mol. The third kappa shape index (κ3) is 2.37. The first-order valence-corrected chi connectivity index (χ1v) is 9.77. The number of rotatable bonds is 3. The van der Waals surface area contributed by atoms with Crippen LogP contribution in [-0.2, 0) is 30.6 Å². The molecule has 2 aromatic rings. The first-order chi connectivity index (χ1) is 11.6. The summed E-state index contributed by atoms with van der Waals surface area (Å²) in [4.78, 5) is 0. The van der Waals surface area contributed by atoms with E-state index in [1.807, 2.05) is 37.3 Å². The molecule has 2 aromatic carbocycles. The SMILES string of the molecule is CC(C)(C)OS(=O)(=O)OC1(C)Cc2ccccc2C12c1ccccc12. The number of hydrogen-bond donors (Lipinski definition) is 0. The molecule has 0 fully saturated rings. The van der Waals surface area contributed by atoms with Crippen molar-refractivity contribution in [2.24, 2.45) is 0 Å². The van der Waals surface area contributed by atoms with E-state index in [9.17, 15) is 8.42 Å². The first-order valence-electron chi connectivity index (χ1n) is 8.44. The van der Waals surface area contributed by atoms with E-state index in [-0.39, 0.29) is 0 Å². The summed E-state index contributed by atoms with van der Waals surface area (Å²) in [5, 5.41) is 0. The van der Waals surface area contributed by atoms with Gasteiger partial charge >= 0.3 is 10.4 Å². The fourth-order valence-corrected chi connectivity index (χ4v) is 5.66. The Kier molecular flexibility index (Phi) is 3.31. The lowest BCUT2D eigenvalue weighted by molar-refractivity contribution is 0.0278. The highest BCUT2D eigenvalue weighted by atomic mass is 32.3. The zero-order valence-corrected chi connectivity index (χ0v) is 15.7. The van der Waals surface area contributed by atoms with Crippen molar-refractivity contribution in [2.75, 3.05) is 0 Å². The molecule has 1 unspecified atom stereocenters. The highest BCUT2D eigenvalue weighted by Gasteiger charge is 2.69. The third-order valence-electron chi connectivity index (χ3n) is 5.05. The van der Waals surface area contributed by atoms with E-state index in [1.165, 1.54) is 0 Å². The van der Waals surface area contributed by atoms with E-state index in [0.717, 1.165) is 22.3 Å². The summed E-state index contributed by atoms with van der Waals surface area (Å²) in [5.41, 5.74) is 2.22. The molecule has 2 aliphatic carbocycles. The van der Waals surface area contributed by atoms with Crippen molar-refractivity contribution >= 4 is 10.4 Å². The van der Waals surface area contributed by atoms with Crippen LogP contribution >= 0.6 is 0 Å². The summed E-state index contributed by atoms with van der Waals surface area (Å²) < 4.78 is 36.1. The van der Waals surface area contributed by atoms with Crippen molar-refractivity contribution in [3.8, 4) is 0 Å². The second-order valence-corrected chi connectivity index (χ2v) is 9.20. The minimum absolute atomic E-state index is 0.512. The van der Waals surface area contributed by atoms with E-state index >= 15 is 0 Å². The van der Waals surface area contributed by atoms with Gasteiger partial charge in [-0.15, -0.1) is 0 Å². The largest absolute Gasteiger partial charge is 0.400 e. The lowest BCUT2D eigenvalue weighted by Crippen LogP contribution is -2.44. The summed E-state index contributed by atoms with van der Waals surface area (Å²) in [7, 11) is -4.15. The van der Waals surface area contributed by atoms with Gasteiger partial charge in [0.1, 0.15) is 5.60 Å². The zero-order valence-electron chi connectivity index (χ0n) is 14.9. The highest BCUT2D eigenvalue weighted by Crippen LogP contribution is 2.67. The molecule has 0 amide bonds. The number of hydrogen-bond acceptors (Lipinski definition) is 4. The van der Waals surface area contributed by atoms with Gasteiger partial charge in [-0.25, -0.2) is 8.37 Å². The standard InChI is InChI=1S/C20H22O4S/c1-18(2,3)23-25(21,22)24-19(4)13-14-9-5-6-10-15(14)20(19)16-11-7-8-12-17(16)20/h5-12H,13H2,1-4H3. The van der Waals surface area contributed by atoms with Crippen LogP contribution in [0.5, 0.6) is 0 Å². The maximum atomic E-state index is 12.6. The predicted octanol–water partition coefficient (Wildman–Crippen LogP) is 3.73. The summed E-state index contributed by atoms with van der Waals surface area (Å²) in [6.45, 7) is 6.96. The van der Waals surface area contributed by atoms with Crippen molar-refractivity contribution in [3.05, 3.63) is 70.8 Å². The third-order valence-corrected chi connectivity index (χ3v) is 6.33. The second-order valence-electron chi connectivity index (χ2n) is 8.05. The molecule has 4 nitrogen and oxygen atoms in total. The number of benzene rings is 2. The Balaban J connectivity index is 1.81. The van der Waals surface area contributed by atoms with Crippen molar-refractivity contribution in [1.82, 2.24) is 0 Å². The Bertz CT molecular complexity index is 933. The second kappa shape index (κ2) is 4.93. The molecule has 1 spiro atoms. The van der Waals surface area contributed by atoms with Gasteiger partial charge < -0.3 is 0 Å². The predicted molar refractivity (Wildman–Crippen MR) is 95.7 cm³/mol. The van der Waals surface area contributed by atoms with Crippen LogP contribution in [0.2, 0.25) is 0 Å². The first kappa shape index (κ1) is 16.8. The van der Waals surface area contributed by atoms with Crippen LogP contribution in [-0.4, -0.2) is 19.6 Å². The molecule has 0 heterocycles. The Labute approximate surface area is 149 Å². The minimum Gasteiger partial charge on any atom is -0.242 e. The van der Waals surface area contributed by atoms with Crippen molar-refractivity contribution < 1.29 is 16.8 Å². The van der Waals surface area contributed by atoms with Gasteiger partial charge in [0, 0.05) is 6.42 Å². The van der Waals surface area contributed by atoms with E-state index in [4.69, 9.17) is 8.37 Å². The molecule has 4 rings (SSSR count). The quantitative estimate of drug-likeness (QED) is 0.839. The van der Waals surface area contributed by atoms with E-state index < -0.39 is 27.0 Å². The lowest BCUT2D eigenvalue weighted by Gasteiger charge is -2.33. The normalized spacial score (nSPS) is 23.4. The molecule has 0 radical (unpaired) electrons. The van der Waals surface area contributed by atoms with Crippen LogP contribution < -0.4 is 0 Å². The van der Waals surface area contributed by atoms with Crippen molar-refractivity contribution in [1.29, 1.82) is 0 Å². The fourth-order valence-electron chi connectivity index (χ4n) is 4.38. The lowest BCUT2D eigenvalue weighted by atomic mass is 9.82. The van der Waals surface area contributed by atoms with E-state index in [1.54, 1.807) is 20.8 Å². The molecule has 132 valence electrons. The highest BCUT2D eigenvalue weighted by molar-refractivity contribution is 7.81. The molecule has 0 aromatic heterocycles. The van der Waals surface area contributed by atoms with Crippen LogP contribution in [0, 0.1) is 0 Å².